The van der Waals surface area contributed by atoms with E-state index in [1.165, 1.54) is 36.0 Å². The lowest BCUT2D eigenvalue weighted by atomic mass is 10.2. The van der Waals surface area contributed by atoms with E-state index in [2.05, 4.69) is 5.32 Å². The van der Waals surface area contributed by atoms with Crippen LogP contribution in [0.25, 0.3) is 0 Å². The van der Waals surface area contributed by atoms with Crippen LogP contribution in [-0.2, 0) is 6.54 Å². The van der Waals surface area contributed by atoms with Gasteiger partial charge in [-0.15, -0.1) is 0 Å². The SMILES string of the molecule is Fc1ccc(Sc2ccc(F)cc2CNC2CC2)c(F)c1. The highest BCUT2D eigenvalue weighted by Gasteiger charge is 2.20. The van der Waals surface area contributed by atoms with Gasteiger partial charge in [0.25, 0.3) is 0 Å². The molecule has 0 atom stereocenters. The largest absolute Gasteiger partial charge is 0.310 e. The topological polar surface area (TPSA) is 12.0 Å². The molecule has 1 nitrogen and oxygen atoms in total. The summed E-state index contributed by atoms with van der Waals surface area (Å²) < 4.78 is 40.0. The molecule has 21 heavy (non-hydrogen) atoms. The third kappa shape index (κ3) is 3.80. The quantitative estimate of drug-likeness (QED) is 0.872. The van der Waals surface area contributed by atoms with Gasteiger partial charge in [0.05, 0.1) is 0 Å². The molecule has 3 rings (SSSR count). The van der Waals surface area contributed by atoms with Crippen LogP contribution in [-0.4, -0.2) is 6.04 Å². The van der Waals surface area contributed by atoms with Crippen LogP contribution in [0.15, 0.2) is 46.2 Å². The van der Waals surface area contributed by atoms with Gasteiger partial charge in [0.2, 0.25) is 0 Å². The molecule has 5 heteroatoms. The molecule has 1 aliphatic rings. The molecule has 0 amide bonds. The van der Waals surface area contributed by atoms with E-state index in [0.29, 0.717) is 17.5 Å². The Morgan fingerprint density at radius 2 is 1.62 bits per heavy atom. The number of halogens is 3. The van der Waals surface area contributed by atoms with Crippen molar-refractivity contribution in [2.24, 2.45) is 0 Å². The third-order valence-electron chi connectivity index (χ3n) is 3.29. The summed E-state index contributed by atoms with van der Waals surface area (Å²) >= 11 is 1.18. The fourth-order valence-electron chi connectivity index (χ4n) is 2.00. The number of nitrogens with one attached hydrogen (secondary N) is 1. The minimum atomic E-state index is -0.606. The van der Waals surface area contributed by atoms with E-state index in [0.717, 1.165) is 29.4 Å². The first-order chi connectivity index (χ1) is 10.1. The monoisotopic (exact) mass is 309 g/mol. The van der Waals surface area contributed by atoms with Gasteiger partial charge in [-0.05, 0) is 48.7 Å². The highest BCUT2D eigenvalue weighted by atomic mass is 32.2. The maximum Gasteiger partial charge on any atom is 0.140 e. The highest BCUT2D eigenvalue weighted by molar-refractivity contribution is 7.99. The molecule has 0 aromatic heterocycles. The molecule has 0 spiro atoms. The predicted octanol–water partition coefficient (Wildman–Crippen LogP) is 4.51. The van der Waals surface area contributed by atoms with Crippen molar-refractivity contribution in [1.82, 2.24) is 5.32 Å². The van der Waals surface area contributed by atoms with E-state index in [4.69, 9.17) is 0 Å². The van der Waals surface area contributed by atoms with Gasteiger partial charge in [-0.2, -0.15) is 0 Å². The second-order valence-corrected chi connectivity index (χ2v) is 6.17. The first-order valence-corrected chi connectivity index (χ1v) is 7.58. The Morgan fingerprint density at radius 1 is 0.952 bits per heavy atom. The molecular weight excluding hydrogens is 295 g/mol. The molecule has 1 fully saturated rings. The van der Waals surface area contributed by atoms with Gasteiger partial charge in [-0.3, -0.25) is 0 Å². The van der Waals surface area contributed by atoms with Crippen molar-refractivity contribution >= 4 is 11.8 Å². The molecule has 110 valence electrons. The average molecular weight is 309 g/mol. The first kappa shape index (κ1) is 14.5. The zero-order valence-corrected chi connectivity index (χ0v) is 12.0. The molecule has 0 aliphatic heterocycles. The number of hydrogen-bond acceptors (Lipinski definition) is 2. The predicted molar refractivity (Wildman–Crippen MR) is 76.7 cm³/mol. The summed E-state index contributed by atoms with van der Waals surface area (Å²) in [6, 6.07) is 8.42. The smallest absolute Gasteiger partial charge is 0.140 e. The molecule has 2 aromatic rings. The standard InChI is InChI=1S/C16H14F3NS/c17-11-1-5-15(10(7-11)9-20-13-3-4-13)21-16-6-2-12(18)8-14(16)19/h1-2,5-8,13,20H,3-4,9H2. The highest BCUT2D eigenvalue weighted by Crippen LogP contribution is 2.33. The van der Waals surface area contributed by atoms with E-state index in [9.17, 15) is 13.2 Å². The molecule has 2 aromatic carbocycles. The molecule has 1 aliphatic carbocycles. The van der Waals surface area contributed by atoms with Crippen LogP contribution in [0.2, 0.25) is 0 Å². The lowest BCUT2D eigenvalue weighted by molar-refractivity contribution is 0.565. The Balaban J connectivity index is 1.82. The van der Waals surface area contributed by atoms with Gasteiger partial charge in [0.1, 0.15) is 17.5 Å². The van der Waals surface area contributed by atoms with Gasteiger partial charge in [-0.1, -0.05) is 11.8 Å². The van der Waals surface area contributed by atoms with Gasteiger partial charge in [0, 0.05) is 28.4 Å². The van der Waals surface area contributed by atoms with Crippen LogP contribution < -0.4 is 5.32 Å². The third-order valence-corrected chi connectivity index (χ3v) is 4.46. The van der Waals surface area contributed by atoms with Crippen molar-refractivity contribution in [2.75, 3.05) is 0 Å². The number of benzene rings is 2. The summed E-state index contributed by atoms with van der Waals surface area (Å²) in [5.74, 6) is -1.52. The fourth-order valence-corrected chi connectivity index (χ4v) is 2.93. The Labute approximate surface area is 125 Å². The summed E-state index contributed by atoms with van der Waals surface area (Å²) in [6.07, 6.45) is 2.29. The second kappa shape index (κ2) is 6.12. The molecule has 1 saturated carbocycles. The molecule has 0 radical (unpaired) electrons. The molecule has 0 unspecified atom stereocenters. The van der Waals surface area contributed by atoms with E-state index >= 15 is 0 Å². The molecule has 0 heterocycles. The van der Waals surface area contributed by atoms with Crippen LogP contribution >= 0.6 is 11.8 Å². The molecular formula is C16H14F3NS. The van der Waals surface area contributed by atoms with Gasteiger partial charge in [0.15, 0.2) is 0 Å². The van der Waals surface area contributed by atoms with Crippen molar-refractivity contribution in [3.63, 3.8) is 0 Å². The minimum absolute atomic E-state index is 0.313. The molecule has 0 bridgehead atoms. The molecule has 1 N–H and O–H groups in total. The number of rotatable bonds is 5. The zero-order valence-electron chi connectivity index (χ0n) is 11.2. The van der Waals surface area contributed by atoms with Crippen molar-refractivity contribution < 1.29 is 13.2 Å². The maximum absolute atomic E-state index is 13.7. The average Bonchev–Trinajstić information content (AvgIpc) is 3.26. The summed E-state index contributed by atoms with van der Waals surface area (Å²) in [6.45, 7) is 0.549. The van der Waals surface area contributed by atoms with E-state index < -0.39 is 11.6 Å². The summed E-state index contributed by atoms with van der Waals surface area (Å²) in [4.78, 5) is 1.10. The van der Waals surface area contributed by atoms with E-state index in [1.54, 1.807) is 6.07 Å². The Hall–Kier alpha value is -1.46. The van der Waals surface area contributed by atoms with E-state index in [-0.39, 0.29) is 5.82 Å². The summed E-state index contributed by atoms with van der Waals surface area (Å²) in [7, 11) is 0. The van der Waals surface area contributed by atoms with Crippen LogP contribution in [0.3, 0.4) is 0 Å². The lowest BCUT2D eigenvalue weighted by Crippen LogP contribution is -2.16. The Kier molecular flexibility index (Phi) is 4.22. The Morgan fingerprint density at radius 3 is 2.29 bits per heavy atom. The Bertz CT molecular complexity index is 656. The normalized spacial score (nSPS) is 14.4. The van der Waals surface area contributed by atoms with E-state index in [1.807, 2.05) is 0 Å². The maximum atomic E-state index is 13.7. The summed E-state index contributed by atoms with van der Waals surface area (Å²) in [5.41, 5.74) is 0.788. The van der Waals surface area contributed by atoms with Gasteiger partial charge in [-0.25, -0.2) is 13.2 Å². The van der Waals surface area contributed by atoms with Crippen LogP contribution in [0.4, 0.5) is 13.2 Å². The van der Waals surface area contributed by atoms with Gasteiger partial charge < -0.3 is 5.32 Å². The van der Waals surface area contributed by atoms with Crippen LogP contribution in [0, 0.1) is 17.5 Å². The van der Waals surface area contributed by atoms with Crippen molar-refractivity contribution in [3.05, 3.63) is 59.4 Å². The second-order valence-electron chi connectivity index (χ2n) is 5.08. The zero-order chi connectivity index (χ0) is 14.8. The van der Waals surface area contributed by atoms with Crippen molar-refractivity contribution in [3.8, 4) is 0 Å². The summed E-state index contributed by atoms with van der Waals surface area (Å²) in [5, 5.41) is 3.32. The minimum Gasteiger partial charge on any atom is -0.310 e. The number of hydrogen-bond donors (Lipinski definition) is 1. The van der Waals surface area contributed by atoms with Crippen LogP contribution in [0.5, 0.6) is 0 Å². The molecule has 0 saturated heterocycles. The van der Waals surface area contributed by atoms with Crippen LogP contribution in [0.1, 0.15) is 18.4 Å². The van der Waals surface area contributed by atoms with Gasteiger partial charge >= 0.3 is 0 Å². The van der Waals surface area contributed by atoms with Crippen molar-refractivity contribution in [1.29, 1.82) is 0 Å². The lowest BCUT2D eigenvalue weighted by Gasteiger charge is -2.11. The van der Waals surface area contributed by atoms with Crippen molar-refractivity contribution in [2.45, 2.75) is 35.2 Å². The fraction of sp³-hybridized carbons (Fsp3) is 0.250. The first-order valence-electron chi connectivity index (χ1n) is 6.76.